The van der Waals surface area contributed by atoms with Crippen LogP contribution in [0.2, 0.25) is 0 Å². The molecule has 150 valence electrons. The van der Waals surface area contributed by atoms with Gasteiger partial charge in [-0.05, 0) is 43.9 Å². The summed E-state index contributed by atoms with van der Waals surface area (Å²) >= 11 is 0. The highest BCUT2D eigenvalue weighted by atomic mass is 19.1. The normalized spacial score (nSPS) is 12.8. The topological polar surface area (TPSA) is 115 Å². The molecule has 0 radical (unpaired) electrons. The predicted molar refractivity (Wildman–Crippen MR) is 99.1 cm³/mol. The van der Waals surface area contributed by atoms with E-state index < -0.39 is 5.97 Å². The summed E-state index contributed by atoms with van der Waals surface area (Å²) in [5.41, 5.74) is 3.52. The van der Waals surface area contributed by atoms with Crippen molar-refractivity contribution in [3.8, 4) is 5.69 Å². The van der Waals surface area contributed by atoms with E-state index in [2.05, 4.69) is 20.7 Å². The van der Waals surface area contributed by atoms with Gasteiger partial charge in [0.05, 0.1) is 12.7 Å². The number of carbonyl (C=O) groups is 2. The van der Waals surface area contributed by atoms with Crippen LogP contribution in [0.15, 0.2) is 24.4 Å². The van der Waals surface area contributed by atoms with Crippen LogP contribution in [0.5, 0.6) is 0 Å². The fraction of sp³-hybridized carbons (Fsp3) is 0.316. The van der Waals surface area contributed by atoms with E-state index in [9.17, 15) is 14.0 Å². The lowest BCUT2D eigenvalue weighted by molar-refractivity contribution is -0.137. The van der Waals surface area contributed by atoms with E-state index in [0.29, 0.717) is 17.8 Å². The Balaban J connectivity index is 1.55. The number of carboxylic acid groups (broad SMARTS) is 1. The third kappa shape index (κ3) is 3.73. The molecule has 0 aliphatic heterocycles. The Morgan fingerprint density at radius 2 is 2.14 bits per heavy atom. The second-order valence-corrected chi connectivity index (χ2v) is 6.98. The lowest BCUT2D eigenvalue weighted by Gasteiger charge is -2.07. The molecule has 10 heteroatoms. The van der Waals surface area contributed by atoms with Crippen molar-refractivity contribution in [2.45, 2.75) is 39.3 Å². The number of aliphatic carboxylic acids is 1. The molecule has 0 atom stereocenters. The quantitative estimate of drug-likeness (QED) is 0.649. The standard InChI is InChI=1S/C19H19FN6O3/c1-11-5-6-16(14(20)7-11)26-15-4-2-3-13(15)18(23-26)19(29)21-8-12-9-25(24-22-12)10-17(27)28/h5-7,9H,2-4,8,10H2,1H3,(H,21,29)(H,27,28). The van der Waals surface area contributed by atoms with Gasteiger partial charge in [-0.2, -0.15) is 5.10 Å². The average molecular weight is 398 g/mol. The molecule has 0 spiro atoms. The van der Waals surface area contributed by atoms with Gasteiger partial charge in [-0.3, -0.25) is 9.59 Å². The molecule has 3 aromatic rings. The van der Waals surface area contributed by atoms with Crippen molar-refractivity contribution in [3.05, 3.63) is 58.4 Å². The van der Waals surface area contributed by atoms with Gasteiger partial charge in [-0.25, -0.2) is 13.8 Å². The molecule has 0 saturated carbocycles. The molecule has 2 heterocycles. The van der Waals surface area contributed by atoms with E-state index in [0.717, 1.165) is 29.7 Å². The van der Waals surface area contributed by atoms with Crippen molar-refractivity contribution in [2.24, 2.45) is 0 Å². The Bertz CT molecular complexity index is 1100. The Kier molecular flexibility index (Phi) is 4.83. The maximum atomic E-state index is 14.5. The maximum Gasteiger partial charge on any atom is 0.325 e. The fourth-order valence-electron chi connectivity index (χ4n) is 3.49. The first kappa shape index (κ1) is 18.8. The van der Waals surface area contributed by atoms with Gasteiger partial charge in [0.15, 0.2) is 5.69 Å². The van der Waals surface area contributed by atoms with Gasteiger partial charge in [0.1, 0.15) is 23.7 Å². The summed E-state index contributed by atoms with van der Waals surface area (Å²) in [6.07, 6.45) is 3.77. The van der Waals surface area contributed by atoms with Gasteiger partial charge in [0.2, 0.25) is 0 Å². The summed E-state index contributed by atoms with van der Waals surface area (Å²) in [5, 5.41) is 23.4. The summed E-state index contributed by atoms with van der Waals surface area (Å²) in [7, 11) is 0. The molecule has 1 amide bonds. The first-order chi connectivity index (χ1) is 13.9. The van der Waals surface area contributed by atoms with Crippen LogP contribution in [-0.2, 0) is 30.7 Å². The minimum Gasteiger partial charge on any atom is -0.480 e. The maximum absolute atomic E-state index is 14.5. The van der Waals surface area contributed by atoms with Crippen molar-refractivity contribution in [3.63, 3.8) is 0 Å². The Morgan fingerprint density at radius 1 is 1.31 bits per heavy atom. The third-order valence-corrected chi connectivity index (χ3v) is 4.79. The van der Waals surface area contributed by atoms with Crippen LogP contribution in [0, 0.1) is 12.7 Å². The van der Waals surface area contributed by atoms with E-state index in [-0.39, 0.29) is 30.5 Å². The molecule has 1 aliphatic carbocycles. The molecule has 2 N–H and O–H groups in total. The predicted octanol–water partition coefficient (Wildman–Crippen LogP) is 1.41. The zero-order valence-corrected chi connectivity index (χ0v) is 15.7. The summed E-state index contributed by atoms with van der Waals surface area (Å²) in [5.74, 6) is -1.80. The number of aryl methyl sites for hydroxylation is 1. The van der Waals surface area contributed by atoms with Crippen molar-refractivity contribution in [1.29, 1.82) is 0 Å². The van der Waals surface area contributed by atoms with E-state index in [1.54, 1.807) is 6.07 Å². The molecule has 0 saturated heterocycles. The van der Waals surface area contributed by atoms with Crippen LogP contribution >= 0.6 is 0 Å². The van der Waals surface area contributed by atoms with E-state index in [1.165, 1.54) is 21.6 Å². The van der Waals surface area contributed by atoms with Gasteiger partial charge in [0.25, 0.3) is 5.91 Å². The molecule has 0 unspecified atom stereocenters. The number of hydrogen-bond donors (Lipinski definition) is 2. The van der Waals surface area contributed by atoms with Gasteiger partial charge in [0, 0.05) is 11.3 Å². The van der Waals surface area contributed by atoms with E-state index >= 15 is 0 Å². The minimum absolute atomic E-state index is 0.0823. The van der Waals surface area contributed by atoms with Gasteiger partial charge < -0.3 is 10.4 Å². The monoisotopic (exact) mass is 398 g/mol. The number of fused-ring (bicyclic) bond motifs is 1. The lowest BCUT2D eigenvalue weighted by Crippen LogP contribution is -2.24. The number of carbonyl (C=O) groups excluding carboxylic acids is 1. The molecule has 1 aromatic carbocycles. The smallest absolute Gasteiger partial charge is 0.325 e. The molecule has 29 heavy (non-hydrogen) atoms. The first-order valence-electron chi connectivity index (χ1n) is 9.18. The Morgan fingerprint density at radius 3 is 2.90 bits per heavy atom. The number of amides is 1. The summed E-state index contributed by atoms with van der Waals surface area (Å²) in [4.78, 5) is 23.4. The largest absolute Gasteiger partial charge is 0.480 e. The molecule has 2 aromatic heterocycles. The molecule has 1 aliphatic rings. The van der Waals surface area contributed by atoms with Crippen molar-refractivity contribution < 1.29 is 19.1 Å². The number of halogens is 1. The number of carboxylic acids is 1. The van der Waals surface area contributed by atoms with Gasteiger partial charge >= 0.3 is 5.97 Å². The second kappa shape index (κ2) is 7.46. The highest BCUT2D eigenvalue weighted by Gasteiger charge is 2.27. The third-order valence-electron chi connectivity index (χ3n) is 4.79. The Hall–Kier alpha value is -3.56. The fourth-order valence-corrected chi connectivity index (χ4v) is 3.49. The van der Waals surface area contributed by atoms with Crippen LogP contribution < -0.4 is 5.32 Å². The number of hydrogen-bond acceptors (Lipinski definition) is 5. The summed E-state index contributed by atoms with van der Waals surface area (Å²) in [6.45, 7) is 1.59. The highest BCUT2D eigenvalue weighted by Crippen LogP contribution is 2.29. The SMILES string of the molecule is Cc1ccc(-n2nc(C(=O)NCc3cn(CC(=O)O)nn3)c3c2CCC3)c(F)c1. The zero-order chi connectivity index (χ0) is 20.5. The minimum atomic E-state index is -1.03. The second-order valence-electron chi connectivity index (χ2n) is 6.98. The number of nitrogens with zero attached hydrogens (tertiary/aromatic N) is 5. The number of rotatable bonds is 6. The van der Waals surface area contributed by atoms with Crippen LogP contribution in [0.3, 0.4) is 0 Å². The van der Waals surface area contributed by atoms with Crippen LogP contribution in [-0.4, -0.2) is 41.8 Å². The van der Waals surface area contributed by atoms with Crippen LogP contribution in [0.25, 0.3) is 5.69 Å². The first-order valence-corrected chi connectivity index (χ1v) is 9.18. The van der Waals surface area contributed by atoms with Crippen LogP contribution in [0.4, 0.5) is 4.39 Å². The number of aromatic nitrogens is 5. The average Bonchev–Trinajstić information content (AvgIpc) is 3.36. The van der Waals surface area contributed by atoms with Gasteiger partial charge in [-0.1, -0.05) is 11.3 Å². The highest BCUT2D eigenvalue weighted by molar-refractivity contribution is 5.94. The summed E-state index contributed by atoms with van der Waals surface area (Å²) in [6, 6.07) is 4.92. The van der Waals surface area contributed by atoms with Crippen molar-refractivity contribution >= 4 is 11.9 Å². The summed E-state index contributed by atoms with van der Waals surface area (Å²) < 4.78 is 17.2. The molecule has 9 nitrogen and oxygen atoms in total. The molecule has 4 rings (SSSR count). The molecule has 0 bridgehead atoms. The number of benzene rings is 1. The lowest BCUT2D eigenvalue weighted by atomic mass is 10.2. The van der Waals surface area contributed by atoms with E-state index in [4.69, 9.17) is 5.11 Å². The van der Waals surface area contributed by atoms with Crippen molar-refractivity contribution in [2.75, 3.05) is 0 Å². The van der Waals surface area contributed by atoms with Crippen LogP contribution in [0.1, 0.15) is 39.4 Å². The molecular weight excluding hydrogens is 379 g/mol. The van der Waals surface area contributed by atoms with E-state index in [1.807, 2.05) is 13.0 Å². The van der Waals surface area contributed by atoms with Gasteiger partial charge in [-0.15, -0.1) is 5.10 Å². The zero-order valence-electron chi connectivity index (χ0n) is 15.7. The molecule has 0 fully saturated rings. The number of nitrogens with one attached hydrogen (secondary N) is 1. The van der Waals surface area contributed by atoms with Crippen molar-refractivity contribution in [1.82, 2.24) is 30.1 Å². The Labute approximate surface area is 165 Å². The molecular formula is C19H19FN6O3.